The minimum atomic E-state index is -0.807. The molecule has 5 fully saturated rings. The Morgan fingerprint density at radius 3 is 2.58 bits per heavy atom. The van der Waals surface area contributed by atoms with E-state index in [0.29, 0.717) is 93.3 Å². The molecule has 0 radical (unpaired) electrons. The lowest BCUT2D eigenvalue weighted by atomic mass is 9.63. The van der Waals surface area contributed by atoms with Crippen LogP contribution >= 0.6 is 0 Å². The molecule has 0 aromatic rings. The number of hydrogen-bond acceptors (Lipinski definition) is 10. The normalized spacial score (nSPS) is 39.0. The lowest BCUT2D eigenvalue weighted by molar-refractivity contribution is -0.125. The van der Waals surface area contributed by atoms with Crippen LogP contribution in [0.25, 0.3) is 0 Å². The van der Waals surface area contributed by atoms with Crippen LogP contribution in [0.4, 0.5) is 0 Å². The number of Topliss-reactive ketones (excluding diaryl/α,β-unsaturated/α-hetero) is 2. The molecule has 7 N–H and O–H groups in total. The van der Waals surface area contributed by atoms with E-state index in [-0.39, 0.29) is 41.2 Å². The molecule has 4 aliphatic carbocycles. The number of nitrogens with two attached hydrogens (primary N) is 1. The van der Waals surface area contributed by atoms with Gasteiger partial charge in [-0.2, -0.15) is 0 Å². The first-order valence-electron chi connectivity index (χ1n) is 23.0. The van der Waals surface area contributed by atoms with E-state index < -0.39 is 24.2 Å². The first kappa shape index (κ1) is 43.0. The summed E-state index contributed by atoms with van der Waals surface area (Å²) in [5.41, 5.74) is 7.85. The van der Waals surface area contributed by atoms with Crippen LogP contribution < -0.4 is 16.4 Å². The monoisotopic (exact) mass is 790 g/mol. The van der Waals surface area contributed by atoms with Gasteiger partial charge in [-0.3, -0.25) is 9.59 Å². The fraction of sp³-hybridized carbons (Fsp3) is 0.830. The fourth-order valence-corrected chi connectivity index (χ4v) is 12.7. The summed E-state index contributed by atoms with van der Waals surface area (Å²) in [5, 5.41) is 41.4. The van der Waals surface area contributed by atoms with Crippen molar-refractivity contribution in [3.63, 3.8) is 0 Å². The molecule has 316 valence electrons. The van der Waals surface area contributed by atoms with Gasteiger partial charge in [0.25, 0.3) is 0 Å². The number of aliphatic imine (C=N–C) groups is 1. The summed E-state index contributed by atoms with van der Waals surface area (Å²) in [7, 11) is 1.65. The number of fused-ring (bicyclic) bond motifs is 2. The number of nitrogens with zero attached hydrogens (tertiary/aromatic N) is 1. The Bertz CT molecular complexity index is 1480. The van der Waals surface area contributed by atoms with Crippen LogP contribution in [0.5, 0.6) is 0 Å². The van der Waals surface area contributed by atoms with Crippen molar-refractivity contribution in [1.82, 2.24) is 10.6 Å². The Kier molecular flexibility index (Phi) is 15.1. The molecule has 0 amide bonds. The number of ether oxygens (including phenoxy) is 1. The average Bonchev–Trinajstić information content (AvgIpc) is 3.92. The van der Waals surface area contributed by atoms with Gasteiger partial charge in [0.2, 0.25) is 0 Å². The summed E-state index contributed by atoms with van der Waals surface area (Å²) >= 11 is 0. The third-order valence-corrected chi connectivity index (χ3v) is 16.1. The molecule has 0 aromatic carbocycles. The molecule has 7 aliphatic rings. The zero-order chi connectivity index (χ0) is 39.9. The van der Waals surface area contributed by atoms with Crippen LogP contribution in [0.3, 0.4) is 0 Å². The number of rotatable bonds is 15. The maximum atomic E-state index is 13.9. The second-order valence-electron chi connectivity index (χ2n) is 19.6. The van der Waals surface area contributed by atoms with Gasteiger partial charge in [-0.15, -0.1) is 4.99 Å². The van der Waals surface area contributed by atoms with Crippen molar-refractivity contribution in [2.24, 2.45) is 63.5 Å². The van der Waals surface area contributed by atoms with Crippen molar-refractivity contribution in [2.45, 2.75) is 171 Å². The van der Waals surface area contributed by atoms with E-state index >= 15 is 0 Å². The molecule has 7 rings (SSSR count). The summed E-state index contributed by atoms with van der Waals surface area (Å²) in [6.07, 6.45) is 20.1. The van der Waals surface area contributed by atoms with Crippen molar-refractivity contribution >= 4 is 17.8 Å². The molecule has 14 atom stereocenters. The van der Waals surface area contributed by atoms with Crippen LogP contribution in [-0.2, 0) is 14.3 Å². The van der Waals surface area contributed by atoms with Crippen LogP contribution in [0.1, 0.15) is 135 Å². The highest BCUT2D eigenvalue weighted by molar-refractivity contribution is 5.84. The first-order valence-corrected chi connectivity index (χ1v) is 23.0. The Morgan fingerprint density at radius 2 is 1.79 bits per heavy atom. The number of ketones is 2. The quantitative estimate of drug-likeness (QED) is 0.0939. The van der Waals surface area contributed by atoms with Crippen LogP contribution in [0.2, 0.25) is 0 Å². The highest BCUT2D eigenvalue weighted by Crippen LogP contribution is 2.52. The molecule has 3 heterocycles. The van der Waals surface area contributed by atoms with E-state index in [2.05, 4.69) is 33.5 Å². The molecular formula is C47H73N4O6+. The molecular weight excluding hydrogens is 717 g/mol. The lowest BCUT2D eigenvalue weighted by Crippen LogP contribution is -2.52. The Balaban J connectivity index is 0.977. The van der Waals surface area contributed by atoms with Gasteiger partial charge in [-0.1, -0.05) is 31.1 Å². The van der Waals surface area contributed by atoms with Gasteiger partial charge in [0.05, 0.1) is 36.7 Å². The highest BCUT2D eigenvalue weighted by Gasteiger charge is 2.46. The van der Waals surface area contributed by atoms with Crippen molar-refractivity contribution in [1.29, 1.82) is 0 Å². The zero-order valence-electron chi connectivity index (χ0n) is 34.7. The third-order valence-electron chi connectivity index (χ3n) is 16.1. The number of aliphatic hydroxyl groups is 3. The van der Waals surface area contributed by atoms with Crippen molar-refractivity contribution in [3.05, 3.63) is 18.2 Å². The minimum absolute atomic E-state index is 0.0247. The molecule has 0 bridgehead atoms. The van der Waals surface area contributed by atoms with Gasteiger partial charge in [0.15, 0.2) is 6.21 Å². The summed E-state index contributed by atoms with van der Waals surface area (Å²) in [6.45, 7) is 3.70. The standard InChI is InChI=1S/C47H73N4O6/c1-57-45-23-33-10-15-43(55)39(42(54)5-4-19-47(17-2-3-18-47)36-22-34-8-13-38(53)25-41(34)50-29-36)14-9-31(40(33)26-44(45)56)6-11-37(52)12-7-32-24-46(48)51-28-35(32)21-30-16-20-49-27-30/h16,20,27,31-37,39-42,44-46,50-52,54,56H,2-8,10-13,15,17-19,21-26,28-29,48H2,1H3/q+1. The zero-order valence-corrected chi connectivity index (χ0v) is 34.7. The largest absolute Gasteiger partial charge is 0.393 e. The van der Waals surface area contributed by atoms with Gasteiger partial charge in [-0.25, -0.2) is 0 Å². The van der Waals surface area contributed by atoms with E-state index in [9.17, 15) is 24.9 Å². The number of methoxy groups -OCH3 is 1. The van der Waals surface area contributed by atoms with E-state index in [0.717, 1.165) is 58.0 Å². The second kappa shape index (κ2) is 20.0. The summed E-state index contributed by atoms with van der Waals surface area (Å²) < 4.78 is 5.70. The molecule has 0 spiro atoms. The van der Waals surface area contributed by atoms with Crippen LogP contribution in [0.15, 0.2) is 16.6 Å². The summed E-state index contributed by atoms with van der Waals surface area (Å²) in [6, 6.07) is 0.348. The summed E-state index contributed by atoms with van der Waals surface area (Å²) in [4.78, 5) is 30.2. The number of piperidine rings is 2. The Labute approximate surface area is 342 Å². The maximum absolute atomic E-state index is 13.9. The lowest BCUT2D eigenvalue weighted by Gasteiger charge is -2.47. The number of carbonyl (C=O) groups is 2. The number of hydrogen-bond donors (Lipinski definition) is 6. The number of nitrogens with one attached hydrogen (secondary N) is 2. The fourth-order valence-electron chi connectivity index (χ4n) is 12.7. The predicted molar refractivity (Wildman–Crippen MR) is 223 cm³/mol. The SMILES string of the molecule is COC1CC2CCC(=O)C(C(O)CCCC3(C4CNC5CC(=O)CCC5C4)CCCC3)C#CC(CCC(O)CCC3CC(N)NCC3CC3=C[CH+]N=C3)C2CC1O. The smallest absolute Gasteiger partial charge is 0.176 e. The van der Waals surface area contributed by atoms with Crippen molar-refractivity contribution in [3.8, 4) is 11.8 Å². The number of allylic oxidation sites excluding steroid dienone is 1. The van der Waals surface area contributed by atoms with E-state index in [1.807, 2.05) is 12.8 Å². The van der Waals surface area contributed by atoms with Gasteiger partial charge < -0.3 is 36.4 Å². The second-order valence-corrected chi connectivity index (χ2v) is 19.6. The predicted octanol–water partition coefficient (Wildman–Crippen LogP) is 5.42. The Hall–Kier alpha value is -2.10. The Morgan fingerprint density at radius 1 is 0.982 bits per heavy atom. The van der Waals surface area contributed by atoms with Gasteiger partial charge >= 0.3 is 0 Å². The molecule has 3 aliphatic heterocycles. The molecule has 0 aromatic heterocycles. The van der Waals surface area contributed by atoms with Gasteiger partial charge in [0.1, 0.15) is 29.6 Å². The maximum Gasteiger partial charge on any atom is 0.176 e. The van der Waals surface area contributed by atoms with Crippen LogP contribution in [0, 0.1) is 71.1 Å². The van der Waals surface area contributed by atoms with Crippen molar-refractivity contribution < 1.29 is 29.6 Å². The molecule has 10 nitrogen and oxygen atoms in total. The van der Waals surface area contributed by atoms with E-state index in [1.165, 1.54) is 37.7 Å². The molecule has 2 saturated heterocycles. The summed E-state index contributed by atoms with van der Waals surface area (Å²) in [5.74, 6) is 8.89. The van der Waals surface area contributed by atoms with Crippen LogP contribution in [-0.4, -0.2) is 89.9 Å². The first-order chi connectivity index (χ1) is 27.6. The molecule has 14 unspecified atom stereocenters. The third kappa shape index (κ3) is 10.8. The highest BCUT2D eigenvalue weighted by atomic mass is 16.5. The van der Waals surface area contributed by atoms with E-state index in [4.69, 9.17) is 10.5 Å². The molecule has 57 heavy (non-hydrogen) atoms. The van der Waals surface area contributed by atoms with Gasteiger partial charge in [-0.05, 0) is 137 Å². The number of carbonyl (C=O) groups excluding carboxylic acids is 2. The van der Waals surface area contributed by atoms with Gasteiger partial charge in [0, 0.05) is 51.3 Å². The molecule has 3 saturated carbocycles. The molecule has 10 heteroatoms. The topological polar surface area (TPSA) is 166 Å². The van der Waals surface area contributed by atoms with E-state index in [1.54, 1.807) is 7.11 Å². The minimum Gasteiger partial charge on any atom is -0.393 e. The van der Waals surface area contributed by atoms with Crippen molar-refractivity contribution in [2.75, 3.05) is 20.2 Å². The average molecular weight is 790 g/mol. The number of aliphatic hydroxyl groups excluding tert-OH is 3.